The number of nitrogens with zero attached hydrogens (tertiary/aromatic N) is 5. The number of fused-ring (bicyclic) bond motifs is 1. The molecule has 9 nitrogen and oxygen atoms in total. The minimum Gasteiger partial charge on any atom is -0.497 e. The van der Waals surface area contributed by atoms with Gasteiger partial charge in [0.05, 0.1) is 32.2 Å². The van der Waals surface area contributed by atoms with Gasteiger partial charge >= 0.3 is 0 Å². The van der Waals surface area contributed by atoms with Crippen LogP contribution in [0.1, 0.15) is 33.3 Å². The Morgan fingerprint density at radius 3 is 2.54 bits per heavy atom. The molecule has 1 N–H and O–H groups in total. The van der Waals surface area contributed by atoms with Crippen molar-refractivity contribution in [1.82, 2.24) is 24.5 Å². The number of carbonyl (C=O) groups is 1. The van der Waals surface area contributed by atoms with Crippen LogP contribution in [0, 0.1) is 6.92 Å². The SMILES string of the molecule is COc1ccc2c(c1)c(Cc1nc(CN3CCN(CCO)CC3)no1)c(C)n2C(=O)c1ccc(Cl)cc1. The van der Waals surface area contributed by atoms with E-state index in [1.165, 1.54) is 0 Å². The third-order valence-electron chi connectivity index (χ3n) is 6.92. The van der Waals surface area contributed by atoms with Crippen LogP contribution >= 0.6 is 11.6 Å². The fraction of sp³-hybridized carbons (Fsp3) is 0.370. The van der Waals surface area contributed by atoms with Gasteiger partial charge in [0.25, 0.3) is 5.91 Å². The van der Waals surface area contributed by atoms with E-state index in [2.05, 4.69) is 19.9 Å². The number of β-amino-alcohol motifs (C(OH)–C–C–N with tert-alkyl or cyclic N) is 1. The first-order valence-electron chi connectivity index (χ1n) is 12.3. The Balaban J connectivity index is 1.40. The molecule has 1 fully saturated rings. The monoisotopic (exact) mass is 523 g/mol. The number of ether oxygens (including phenoxy) is 1. The minimum absolute atomic E-state index is 0.137. The number of rotatable bonds is 8. The Labute approximate surface area is 220 Å². The molecule has 1 saturated heterocycles. The van der Waals surface area contributed by atoms with Crippen LogP contribution in [-0.4, -0.2) is 82.0 Å². The molecule has 0 amide bonds. The van der Waals surface area contributed by atoms with Crippen molar-refractivity contribution in [2.45, 2.75) is 19.9 Å². The molecule has 5 rings (SSSR count). The van der Waals surface area contributed by atoms with E-state index in [-0.39, 0.29) is 12.5 Å². The summed E-state index contributed by atoms with van der Waals surface area (Å²) in [6.07, 6.45) is 0.397. The number of piperazine rings is 1. The summed E-state index contributed by atoms with van der Waals surface area (Å²) in [5, 5.41) is 14.8. The van der Waals surface area contributed by atoms with Crippen LogP contribution in [0.5, 0.6) is 5.75 Å². The molecule has 37 heavy (non-hydrogen) atoms. The van der Waals surface area contributed by atoms with Crippen LogP contribution < -0.4 is 4.74 Å². The van der Waals surface area contributed by atoms with Crippen molar-refractivity contribution in [2.24, 2.45) is 0 Å². The number of halogens is 1. The van der Waals surface area contributed by atoms with E-state index in [4.69, 9.17) is 26.0 Å². The number of aliphatic hydroxyl groups excluding tert-OH is 1. The number of hydrogen-bond acceptors (Lipinski definition) is 8. The van der Waals surface area contributed by atoms with E-state index in [9.17, 15) is 4.79 Å². The van der Waals surface area contributed by atoms with E-state index in [0.29, 0.717) is 47.6 Å². The van der Waals surface area contributed by atoms with E-state index in [0.717, 1.165) is 48.3 Å². The number of hydrogen-bond donors (Lipinski definition) is 1. The lowest BCUT2D eigenvalue weighted by Gasteiger charge is -2.33. The van der Waals surface area contributed by atoms with Crippen LogP contribution in [-0.2, 0) is 13.0 Å². The van der Waals surface area contributed by atoms with E-state index in [1.54, 1.807) is 35.9 Å². The first kappa shape index (κ1) is 25.4. The van der Waals surface area contributed by atoms with Crippen molar-refractivity contribution in [1.29, 1.82) is 0 Å². The molecular formula is C27H30ClN5O4. The van der Waals surface area contributed by atoms with Crippen LogP contribution in [0.3, 0.4) is 0 Å². The lowest BCUT2D eigenvalue weighted by Crippen LogP contribution is -2.46. The van der Waals surface area contributed by atoms with Gasteiger partial charge in [-0.25, -0.2) is 0 Å². The topological polar surface area (TPSA) is 96.9 Å². The van der Waals surface area contributed by atoms with Gasteiger partial charge in [-0.15, -0.1) is 0 Å². The summed E-state index contributed by atoms with van der Waals surface area (Å²) in [6, 6.07) is 12.6. The second-order valence-corrected chi connectivity index (χ2v) is 9.65. The normalized spacial score (nSPS) is 14.9. The number of benzene rings is 2. The first-order chi connectivity index (χ1) is 18.0. The van der Waals surface area contributed by atoms with Crippen LogP contribution in [0.4, 0.5) is 0 Å². The van der Waals surface area contributed by atoms with Gasteiger partial charge < -0.3 is 14.4 Å². The maximum absolute atomic E-state index is 13.5. The van der Waals surface area contributed by atoms with Gasteiger partial charge in [0.15, 0.2) is 5.82 Å². The molecule has 0 radical (unpaired) electrons. The first-order valence-corrected chi connectivity index (χ1v) is 12.7. The summed E-state index contributed by atoms with van der Waals surface area (Å²) in [7, 11) is 1.62. The van der Waals surface area contributed by atoms with E-state index >= 15 is 0 Å². The Bertz CT molecular complexity index is 1390. The summed E-state index contributed by atoms with van der Waals surface area (Å²) in [4.78, 5) is 22.7. The van der Waals surface area contributed by atoms with Crippen molar-refractivity contribution in [3.8, 4) is 5.75 Å². The van der Waals surface area contributed by atoms with Gasteiger partial charge in [-0.2, -0.15) is 4.98 Å². The molecule has 0 bridgehead atoms. The Morgan fingerprint density at radius 2 is 1.84 bits per heavy atom. The molecule has 0 unspecified atom stereocenters. The highest BCUT2D eigenvalue weighted by molar-refractivity contribution is 6.30. The number of aromatic nitrogens is 3. The summed E-state index contributed by atoms with van der Waals surface area (Å²) >= 11 is 6.03. The highest BCUT2D eigenvalue weighted by Crippen LogP contribution is 2.32. The summed E-state index contributed by atoms with van der Waals surface area (Å²) < 4.78 is 12.8. The number of aliphatic hydroxyl groups is 1. The molecule has 2 aromatic carbocycles. The van der Waals surface area contributed by atoms with Gasteiger partial charge in [0.2, 0.25) is 5.89 Å². The van der Waals surface area contributed by atoms with Crippen molar-refractivity contribution >= 4 is 28.4 Å². The summed E-state index contributed by atoms with van der Waals surface area (Å²) in [6.45, 7) is 7.03. The van der Waals surface area contributed by atoms with Crippen LogP contribution in [0.25, 0.3) is 10.9 Å². The Kier molecular flexibility index (Phi) is 7.57. The van der Waals surface area contributed by atoms with E-state index < -0.39 is 0 Å². The van der Waals surface area contributed by atoms with Crippen molar-refractivity contribution in [2.75, 3.05) is 46.4 Å². The third kappa shape index (κ3) is 5.40. The predicted molar refractivity (Wildman–Crippen MR) is 140 cm³/mol. The molecule has 0 aliphatic carbocycles. The van der Waals surface area contributed by atoms with Crippen molar-refractivity contribution in [3.05, 3.63) is 76.0 Å². The van der Waals surface area contributed by atoms with Crippen LogP contribution in [0.15, 0.2) is 47.0 Å². The lowest BCUT2D eigenvalue weighted by molar-refractivity contribution is 0.0963. The van der Waals surface area contributed by atoms with Gasteiger partial charge in [0.1, 0.15) is 5.75 Å². The fourth-order valence-corrected chi connectivity index (χ4v) is 5.01. The maximum atomic E-state index is 13.5. The van der Waals surface area contributed by atoms with Crippen molar-refractivity contribution in [3.63, 3.8) is 0 Å². The molecule has 4 aromatic rings. The number of carbonyl (C=O) groups excluding carboxylic acids is 1. The molecule has 1 aliphatic rings. The fourth-order valence-electron chi connectivity index (χ4n) is 4.89. The van der Waals surface area contributed by atoms with Crippen molar-refractivity contribution < 1.29 is 19.2 Å². The molecular weight excluding hydrogens is 494 g/mol. The second-order valence-electron chi connectivity index (χ2n) is 9.22. The van der Waals surface area contributed by atoms with Gasteiger partial charge in [-0.05, 0) is 55.0 Å². The summed E-state index contributed by atoms with van der Waals surface area (Å²) in [5.41, 5.74) is 3.08. The second kappa shape index (κ2) is 11.0. The highest BCUT2D eigenvalue weighted by atomic mass is 35.5. The zero-order chi connectivity index (χ0) is 25.9. The molecule has 10 heteroatoms. The molecule has 0 saturated carbocycles. The predicted octanol–water partition coefficient (Wildman–Crippen LogP) is 3.38. The average Bonchev–Trinajstić information content (AvgIpc) is 3.46. The molecule has 194 valence electrons. The Hall–Kier alpha value is -3.24. The third-order valence-corrected chi connectivity index (χ3v) is 7.17. The molecule has 1 aliphatic heterocycles. The Morgan fingerprint density at radius 1 is 1.11 bits per heavy atom. The standard InChI is InChI=1S/C27H30ClN5O4/c1-18-22(16-26-29-25(30-37-26)17-32-11-9-31(10-12-32)13-14-34)23-15-21(36-2)7-8-24(23)33(18)27(35)19-3-5-20(28)6-4-19/h3-8,15,34H,9-14,16-17H2,1-2H3. The van der Waals surface area contributed by atoms with E-state index in [1.807, 2.05) is 25.1 Å². The average molecular weight is 524 g/mol. The van der Waals surface area contributed by atoms with Crippen LogP contribution in [0.2, 0.25) is 5.02 Å². The highest BCUT2D eigenvalue weighted by Gasteiger charge is 2.23. The zero-order valence-electron chi connectivity index (χ0n) is 21.0. The zero-order valence-corrected chi connectivity index (χ0v) is 21.7. The lowest BCUT2D eigenvalue weighted by atomic mass is 10.1. The smallest absolute Gasteiger partial charge is 0.262 e. The van der Waals surface area contributed by atoms with Gasteiger partial charge in [-0.1, -0.05) is 16.8 Å². The largest absolute Gasteiger partial charge is 0.497 e. The molecule has 0 atom stereocenters. The molecule has 0 spiro atoms. The van der Waals surface area contributed by atoms with Gasteiger partial charge in [0, 0.05) is 54.4 Å². The summed E-state index contributed by atoms with van der Waals surface area (Å²) in [5.74, 6) is 1.71. The maximum Gasteiger partial charge on any atom is 0.262 e. The number of methoxy groups -OCH3 is 1. The molecule has 2 aromatic heterocycles. The minimum atomic E-state index is -0.137. The molecule has 3 heterocycles. The quantitative estimate of drug-likeness (QED) is 0.375. The van der Waals surface area contributed by atoms with Gasteiger partial charge in [-0.3, -0.25) is 19.2 Å².